The summed E-state index contributed by atoms with van der Waals surface area (Å²) in [6, 6.07) is 9.87. The molecule has 0 radical (unpaired) electrons. The van der Waals surface area contributed by atoms with Crippen LogP contribution < -0.4 is 9.64 Å². The molecule has 0 aliphatic carbocycles. The molecule has 0 atom stereocenters. The van der Waals surface area contributed by atoms with E-state index in [9.17, 15) is 5.26 Å². The van der Waals surface area contributed by atoms with Crippen LogP contribution in [0, 0.1) is 36.2 Å². The van der Waals surface area contributed by atoms with Crippen molar-refractivity contribution in [1.29, 1.82) is 10.5 Å². The molecule has 0 saturated carbocycles. The monoisotopic (exact) mass is 360 g/mol. The highest BCUT2D eigenvalue weighted by Gasteiger charge is 2.30. The van der Waals surface area contributed by atoms with Crippen LogP contribution in [-0.4, -0.2) is 32.3 Å². The van der Waals surface area contributed by atoms with E-state index in [4.69, 9.17) is 16.6 Å². The number of fused-ring (bicyclic) bond motifs is 1. The summed E-state index contributed by atoms with van der Waals surface area (Å²) in [4.78, 5) is 5.23. The Morgan fingerprint density at radius 2 is 2.00 bits per heavy atom. The normalized spacial score (nSPS) is 16.0. The summed E-state index contributed by atoms with van der Waals surface area (Å²) in [5.74, 6) is 1.36. The predicted molar refractivity (Wildman–Crippen MR) is 104 cm³/mol. The van der Waals surface area contributed by atoms with Crippen LogP contribution in [0.4, 0.5) is 5.69 Å². The lowest BCUT2D eigenvalue weighted by atomic mass is 10.1. The Labute approximate surface area is 160 Å². The Kier molecular flexibility index (Phi) is 5.71. The molecule has 1 heterocycles. The van der Waals surface area contributed by atoms with Crippen LogP contribution in [0.3, 0.4) is 0 Å². The third-order valence-electron chi connectivity index (χ3n) is 3.94. The average Bonchev–Trinajstić information content (AvgIpc) is 2.92. The van der Waals surface area contributed by atoms with Gasteiger partial charge in [-0.15, -0.1) is 0 Å². The van der Waals surface area contributed by atoms with Crippen molar-refractivity contribution in [3.8, 4) is 17.9 Å². The fourth-order valence-electron chi connectivity index (χ4n) is 2.63. The van der Waals surface area contributed by atoms with Gasteiger partial charge in [0.15, 0.2) is 12.4 Å². The maximum Gasteiger partial charge on any atom is 0.266 e. The van der Waals surface area contributed by atoms with Crippen LogP contribution >= 0.6 is 0 Å². The molecular weight excluding hydrogens is 338 g/mol. The van der Waals surface area contributed by atoms with Gasteiger partial charge in [-0.25, -0.2) is 10.1 Å². The summed E-state index contributed by atoms with van der Waals surface area (Å²) < 4.78 is 6.68. The van der Waals surface area contributed by atoms with E-state index < -0.39 is 0 Å². The van der Waals surface area contributed by atoms with Gasteiger partial charge in [-0.1, -0.05) is 6.07 Å². The van der Waals surface area contributed by atoms with Gasteiger partial charge in [0.2, 0.25) is 5.88 Å². The van der Waals surface area contributed by atoms with Gasteiger partial charge in [-0.2, -0.15) is 5.26 Å². The fourth-order valence-corrected chi connectivity index (χ4v) is 2.63. The van der Waals surface area contributed by atoms with E-state index in [1.54, 1.807) is 19.1 Å². The molecule has 1 aromatic rings. The van der Waals surface area contributed by atoms with E-state index >= 15 is 0 Å². The number of allylic oxidation sites excluding steroid dienone is 5. The Bertz CT molecular complexity index is 956. The first kappa shape index (κ1) is 19.8. The van der Waals surface area contributed by atoms with Crippen LogP contribution in [0.2, 0.25) is 0 Å². The van der Waals surface area contributed by atoms with Crippen LogP contribution in [0.15, 0.2) is 53.1 Å². The molecule has 0 saturated heterocycles. The van der Waals surface area contributed by atoms with Crippen molar-refractivity contribution in [3.63, 3.8) is 0 Å². The number of hydrogen-bond acceptors (Lipinski definition) is 4. The summed E-state index contributed by atoms with van der Waals surface area (Å²) in [6.07, 6.45) is 3.31. The molecule has 0 bridgehead atoms. The number of ether oxygens (including phenoxy) is 1. The van der Waals surface area contributed by atoms with Crippen molar-refractivity contribution >= 4 is 5.69 Å². The molecular formula is C21H22N5O+. The largest absolute Gasteiger partial charge is 0.438 e. The minimum Gasteiger partial charge on any atom is -0.438 e. The second kappa shape index (κ2) is 7.79. The molecule has 136 valence electrons. The van der Waals surface area contributed by atoms with Crippen molar-refractivity contribution in [2.24, 2.45) is 0 Å². The van der Waals surface area contributed by atoms with E-state index in [2.05, 4.69) is 43.0 Å². The second-order valence-corrected chi connectivity index (χ2v) is 7.33. The predicted octanol–water partition coefficient (Wildman–Crippen LogP) is 3.87. The van der Waals surface area contributed by atoms with E-state index in [-0.39, 0.29) is 11.3 Å². The van der Waals surface area contributed by atoms with Gasteiger partial charge < -0.3 is 9.22 Å². The topological polar surface area (TPSA) is 64.4 Å². The smallest absolute Gasteiger partial charge is 0.266 e. The van der Waals surface area contributed by atoms with Crippen molar-refractivity contribution in [2.45, 2.75) is 13.8 Å². The van der Waals surface area contributed by atoms with Crippen LogP contribution in [-0.2, 0) is 0 Å². The highest BCUT2D eigenvalue weighted by molar-refractivity contribution is 5.67. The minimum atomic E-state index is -0.0873. The quantitative estimate of drug-likeness (QED) is 0.354. The number of anilines is 1. The van der Waals surface area contributed by atoms with Gasteiger partial charge in [-0.05, 0) is 43.2 Å². The molecule has 27 heavy (non-hydrogen) atoms. The van der Waals surface area contributed by atoms with Crippen molar-refractivity contribution in [2.75, 3.05) is 32.7 Å². The molecule has 1 aromatic carbocycles. The molecule has 1 aliphatic heterocycles. The van der Waals surface area contributed by atoms with Crippen LogP contribution in [0.1, 0.15) is 12.5 Å². The lowest BCUT2D eigenvalue weighted by Gasteiger charge is -2.30. The molecule has 0 N–H and O–H groups in total. The number of rotatable bonds is 4. The van der Waals surface area contributed by atoms with Gasteiger partial charge >= 0.3 is 0 Å². The summed E-state index contributed by atoms with van der Waals surface area (Å²) >= 11 is 0. The molecule has 0 unspecified atom stereocenters. The van der Waals surface area contributed by atoms with Crippen molar-refractivity contribution < 1.29 is 9.22 Å². The van der Waals surface area contributed by atoms with Gasteiger partial charge in [0, 0.05) is 11.6 Å². The summed E-state index contributed by atoms with van der Waals surface area (Å²) in [5, 5.41) is 18.4. The first-order valence-electron chi connectivity index (χ1n) is 8.37. The van der Waals surface area contributed by atoms with Crippen molar-refractivity contribution in [1.82, 2.24) is 0 Å². The van der Waals surface area contributed by atoms with Gasteiger partial charge in [0.25, 0.3) is 5.70 Å². The highest BCUT2D eigenvalue weighted by atomic mass is 16.5. The molecule has 1 aliphatic rings. The third kappa shape index (κ3) is 4.55. The fraction of sp³-hybridized carbons (Fsp3) is 0.286. The maximum atomic E-state index is 9.42. The Morgan fingerprint density at radius 1 is 1.30 bits per heavy atom. The van der Waals surface area contributed by atoms with E-state index in [1.807, 2.05) is 25.1 Å². The molecule has 0 amide bonds. The first-order valence-corrected chi connectivity index (χ1v) is 8.37. The molecule has 2 rings (SSSR count). The van der Waals surface area contributed by atoms with E-state index in [1.165, 1.54) is 0 Å². The summed E-state index contributed by atoms with van der Waals surface area (Å²) in [6.45, 7) is 11.4. The number of quaternary nitrogens is 1. The molecule has 6 nitrogen and oxygen atoms in total. The van der Waals surface area contributed by atoms with Gasteiger partial charge in [0.1, 0.15) is 0 Å². The second-order valence-electron chi connectivity index (χ2n) is 7.33. The number of nitriles is 2. The van der Waals surface area contributed by atoms with Gasteiger partial charge in [-0.3, -0.25) is 4.90 Å². The molecule has 0 aromatic heterocycles. The minimum absolute atomic E-state index is 0.0873. The van der Waals surface area contributed by atoms with Gasteiger partial charge in [0.05, 0.1) is 45.5 Å². The lowest BCUT2D eigenvalue weighted by Crippen LogP contribution is -2.44. The van der Waals surface area contributed by atoms with E-state index in [0.29, 0.717) is 22.6 Å². The molecule has 6 heteroatoms. The summed E-state index contributed by atoms with van der Waals surface area (Å²) in [5.41, 5.74) is 2.64. The number of benzene rings is 1. The number of nitrogens with zero attached hydrogens (tertiary/aromatic N) is 5. The third-order valence-corrected chi connectivity index (χ3v) is 3.94. The zero-order valence-electron chi connectivity index (χ0n) is 16.2. The lowest BCUT2D eigenvalue weighted by molar-refractivity contribution is -0.869. The SMILES string of the molecule is [C-]#[N+]/C(C#N)=C(/C)C(C#N)=CC=C1Oc2ccc(C)cc2N1C[N+](C)(C)C. The zero-order chi connectivity index (χ0) is 20.2. The first-order chi connectivity index (χ1) is 12.7. The Hall–Kier alpha value is -3.53. The maximum absolute atomic E-state index is 9.42. The summed E-state index contributed by atoms with van der Waals surface area (Å²) in [7, 11) is 6.26. The van der Waals surface area contributed by atoms with Crippen molar-refractivity contribution in [3.05, 3.63) is 70.1 Å². The Morgan fingerprint density at radius 3 is 2.56 bits per heavy atom. The van der Waals surface area contributed by atoms with Crippen LogP contribution in [0.25, 0.3) is 4.85 Å². The average molecular weight is 360 g/mol. The molecule has 0 spiro atoms. The van der Waals surface area contributed by atoms with Crippen LogP contribution in [0.5, 0.6) is 5.75 Å². The highest BCUT2D eigenvalue weighted by Crippen LogP contribution is 2.40. The standard InChI is InChI=1S/C21H22N5O/c1-15-7-9-20-19(11-15)25(14-26(4,5)6)21(27-20)10-8-17(12-22)16(2)18(13-23)24-3/h7-11H,14H2,1-2,4-6H3/q+1/b17-8?,18-16-,21-10?. The number of hydrogen-bond donors (Lipinski definition) is 0. The molecule has 0 fully saturated rings. The Balaban J connectivity index is 2.50. The number of aryl methyl sites for hydroxylation is 1. The van der Waals surface area contributed by atoms with E-state index in [0.717, 1.165) is 17.0 Å². The zero-order valence-corrected chi connectivity index (χ0v) is 16.2.